The smallest absolute Gasteiger partial charge is 0.116 e. The zero-order valence-electron chi connectivity index (χ0n) is 13.6. The Balaban J connectivity index is 1.51. The summed E-state index contributed by atoms with van der Waals surface area (Å²) in [5, 5.41) is 8.33. The van der Waals surface area contributed by atoms with Crippen LogP contribution in [0.15, 0.2) is 37.1 Å². The molecule has 3 aromatic heterocycles. The Morgan fingerprint density at radius 1 is 1.12 bits per heavy atom. The standard InChI is InChI=1S/C17H17N7/c1-11-3-4-14-17(12(11)2)21-16(20-14)5-6-24-9-15(22-23-24)13-7-18-10-19-8-13/h3-4,7-10H,5-6H2,1-2H3,(H,20,21). The van der Waals surface area contributed by atoms with E-state index in [4.69, 9.17) is 4.98 Å². The van der Waals surface area contributed by atoms with Gasteiger partial charge in [-0.15, -0.1) is 5.10 Å². The van der Waals surface area contributed by atoms with Crippen LogP contribution < -0.4 is 0 Å². The van der Waals surface area contributed by atoms with Crippen molar-refractivity contribution in [1.29, 1.82) is 0 Å². The molecule has 1 aromatic carbocycles. The summed E-state index contributed by atoms with van der Waals surface area (Å²) >= 11 is 0. The lowest BCUT2D eigenvalue weighted by molar-refractivity contribution is 0.580. The van der Waals surface area contributed by atoms with Crippen molar-refractivity contribution in [3.8, 4) is 11.3 Å². The molecule has 0 aliphatic carbocycles. The number of nitrogens with zero attached hydrogens (tertiary/aromatic N) is 6. The topological polar surface area (TPSA) is 85.2 Å². The van der Waals surface area contributed by atoms with Crippen molar-refractivity contribution in [3.05, 3.63) is 54.0 Å². The number of benzene rings is 1. The fourth-order valence-corrected chi connectivity index (χ4v) is 2.67. The Bertz CT molecular complexity index is 985. The largest absolute Gasteiger partial charge is 0.342 e. The number of nitrogens with one attached hydrogen (secondary N) is 1. The first-order valence-corrected chi connectivity index (χ1v) is 7.81. The Morgan fingerprint density at radius 3 is 2.79 bits per heavy atom. The highest BCUT2D eigenvalue weighted by molar-refractivity contribution is 5.79. The second kappa shape index (κ2) is 5.84. The molecule has 120 valence electrons. The van der Waals surface area contributed by atoms with Gasteiger partial charge in [-0.05, 0) is 31.0 Å². The van der Waals surface area contributed by atoms with E-state index in [9.17, 15) is 0 Å². The summed E-state index contributed by atoms with van der Waals surface area (Å²) in [5.74, 6) is 0.957. The van der Waals surface area contributed by atoms with Crippen molar-refractivity contribution in [1.82, 2.24) is 34.9 Å². The molecular weight excluding hydrogens is 302 g/mol. The zero-order chi connectivity index (χ0) is 16.5. The summed E-state index contributed by atoms with van der Waals surface area (Å²) in [6.07, 6.45) is 7.62. The fraction of sp³-hybridized carbons (Fsp3) is 0.235. The highest BCUT2D eigenvalue weighted by atomic mass is 15.4. The molecule has 0 saturated heterocycles. The highest BCUT2D eigenvalue weighted by Gasteiger charge is 2.08. The SMILES string of the molecule is Cc1ccc2[nH]c(CCn3cc(-c4cncnc4)nn3)nc2c1C. The van der Waals surface area contributed by atoms with Gasteiger partial charge in [0.2, 0.25) is 0 Å². The van der Waals surface area contributed by atoms with Crippen LogP contribution in [-0.2, 0) is 13.0 Å². The van der Waals surface area contributed by atoms with E-state index in [2.05, 4.69) is 51.2 Å². The Morgan fingerprint density at radius 2 is 1.96 bits per heavy atom. The normalized spacial score (nSPS) is 11.2. The van der Waals surface area contributed by atoms with Gasteiger partial charge in [0.1, 0.15) is 17.8 Å². The molecule has 4 aromatic rings. The molecule has 7 nitrogen and oxygen atoms in total. The van der Waals surface area contributed by atoms with Crippen LogP contribution in [0.3, 0.4) is 0 Å². The Kier molecular flexibility index (Phi) is 3.53. The molecule has 7 heteroatoms. The summed E-state index contributed by atoms with van der Waals surface area (Å²) < 4.78 is 1.81. The third-order valence-electron chi connectivity index (χ3n) is 4.20. The molecule has 1 N–H and O–H groups in total. The van der Waals surface area contributed by atoms with Crippen LogP contribution in [-0.4, -0.2) is 34.9 Å². The van der Waals surface area contributed by atoms with E-state index >= 15 is 0 Å². The number of hydrogen-bond donors (Lipinski definition) is 1. The van der Waals surface area contributed by atoms with Gasteiger partial charge in [-0.25, -0.2) is 15.0 Å². The number of imidazole rings is 1. The van der Waals surface area contributed by atoms with E-state index in [1.54, 1.807) is 12.4 Å². The van der Waals surface area contributed by atoms with Gasteiger partial charge in [0.05, 0.1) is 17.2 Å². The number of aromatic amines is 1. The first-order chi connectivity index (χ1) is 11.7. The summed E-state index contributed by atoms with van der Waals surface area (Å²) in [4.78, 5) is 16.1. The minimum atomic E-state index is 0.707. The molecule has 0 unspecified atom stereocenters. The van der Waals surface area contributed by atoms with Crippen molar-refractivity contribution in [3.63, 3.8) is 0 Å². The fourth-order valence-electron chi connectivity index (χ4n) is 2.67. The van der Waals surface area contributed by atoms with Gasteiger partial charge in [0.25, 0.3) is 0 Å². The molecular formula is C17H17N7. The van der Waals surface area contributed by atoms with Crippen molar-refractivity contribution in [2.75, 3.05) is 0 Å². The predicted octanol–water partition coefficient (Wildman–Crippen LogP) is 2.47. The molecule has 0 amide bonds. The molecule has 0 atom stereocenters. The van der Waals surface area contributed by atoms with Crippen LogP contribution in [0, 0.1) is 13.8 Å². The average molecular weight is 319 g/mol. The molecule has 3 heterocycles. The first-order valence-electron chi connectivity index (χ1n) is 7.81. The number of aryl methyl sites for hydroxylation is 4. The lowest BCUT2D eigenvalue weighted by Crippen LogP contribution is -2.03. The van der Waals surface area contributed by atoms with Crippen LogP contribution in [0.5, 0.6) is 0 Å². The Hall–Kier alpha value is -3.09. The van der Waals surface area contributed by atoms with Crippen LogP contribution in [0.1, 0.15) is 17.0 Å². The second-order valence-electron chi connectivity index (χ2n) is 5.83. The van der Waals surface area contributed by atoms with Crippen LogP contribution in [0.25, 0.3) is 22.3 Å². The summed E-state index contributed by atoms with van der Waals surface area (Å²) in [6.45, 7) is 4.92. The predicted molar refractivity (Wildman–Crippen MR) is 90.3 cm³/mol. The number of fused-ring (bicyclic) bond motifs is 1. The molecule has 4 rings (SSSR count). The maximum absolute atomic E-state index is 4.72. The monoisotopic (exact) mass is 319 g/mol. The van der Waals surface area contributed by atoms with E-state index in [1.807, 2.05) is 10.9 Å². The van der Waals surface area contributed by atoms with Crippen molar-refractivity contribution in [2.45, 2.75) is 26.8 Å². The summed E-state index contributed by atoms with van der Waals surface area (Å²) in [6, 6.07) is 4.20. The molecule has 0 aliphatic heterocycles. The van der Waals surface area contributed by atoms with Crippen LogP contribution >= 0.6 is 0 Å². The first kappa shape index (κ1) is 14.5. The number of H-pyrrole nitrogens is 1. The van der Waals surface area contributed by atoms with E-state index < -0.39 is 0 Å². The Labute approximate surface area is 138 Å². The van der Waals surface area contributed by atoms with Crippen molar-refractivity contribution >= 4 is 11.0 Å². The lowest BCUT2D eigenvalue weighted by atomic mass is 10.1. The van der Waals surface area contributed by atoms with E-state index in [1.165, 1.54) is 17.5 Å². The van der Waals surface area contributed by atoms with Crippen LogP contribution in [0.2, 0.25) is 0 Å². The summed E-state index contributed by atoms with van der Waals surface area (Å²) in [7, 11) is 0. The van der Waals surface area contributed by atoms with Gasteiger partial charge in [-0.2, -0.15) is 0 Å². The van der Waals surface area contributed by atoms with E-state index in [-0.39, 0.29) is 0 Å². The van der Waals surface area contributed by atoms with Gasteiger partial charge in [-0.3, -0.25) is 4.68 Å². The number of hydrogen-bond acceptors (Lipinski definition) is 5. The maximum Gasteiger partial charge on any atom is 0.116 e. The maximum atomic E-state index is 4.72. The molecule has 24 heavy (non-hydrogen) atoms. The quantitative estimate of drug-likeness (QED) is 0.624. The minimum absolute atomic E-state index is 0.707. The molecule has 0 saturated carbocycles. The lowest BCUT2D eigenvalue weighted by Gasteiger charge is -1.98. The second-order valence-corrected chi connectivity index (χ2v) is 5.83. The van der Waals surface area contributed by atoms with Gasteiger partial charge in [0, 0.05) is 30.9 Å². The van der Waals surface area contributed by atoms with Gasteiger partial charge in [0.15, 0.2) is 0 Å². The van der Waals surface area contributed by atoms with E-state index in [0.29, 0.717) is 6.54 Å². The molecule has 0 aliphatic rings. The van der Waals surface area contributed by atoms with E-state index in [0.717, 1.165) is 34.5 Å². The third-order valence-corrected chi connectivity index (χ3v) is 4.20. The number of aromatic nitrogens is 7. The van der Waals surface area contributed by atoms with Gasteiger partial charge >= 0.3 is 0 Å². The van der Waals surface area contributed by atoms with Gasteiger partial charge in [-0.1, -0.05) is 11.3 Å². The number of rotatable bonds is 4. The van der Waals surface area contributed by atoms with Gasteiger partial charge < -0.3 is 4.98 Å². The third kappa shape index (κ3) is 2.64. The van der Waals surface area contributed by atoms with Crippen molar-refractivity contribution < 1.29 is 0 Å². The summed E-state index contributed by atoms with van der Waals surface area (Å²) in [5.41, 5.74) is 6.23. The average Bonchev–Trinajstić information content (AvgIpc) is 3.24. The highest BCUT2D eigenvalue weighted by Crippen LogP contribution is 2.19. The molecule has 0 bridgehead atoms. The zero-order valence-corrected chi connectivity index (χ0v) is 13.6. The minimum Gasteiger partial charge on any atom is -0.342 e. The van der Waals surface area contributed by atoms with Crippen LogP contribution in [0.4, 0.5) is 0 Å². The molecule has 0 spiro atoms. The molecule has 0 radical (unpaired) electrons. The molecule has 0 fully saturated rings. The van der Waals surface area contributed by atoms with Crippen molar-refractivity contribution in [2.24, 2.45) is 0 Å².